The lowest BCUT2D eigenvalue weighted by molar-refractivity contribution is -0.131. The molecule has 0 unspecified atom stereocenters. The van der Waals surface area contributed by atoms with Gasteiger partial charge in [0.15, 0.2) is 0 Å². The summed E-state index contributed by atoms with van der Waals surface area (Å²) in [6.07, 6.45) is 4.30. The minimum atomic E-state index is 0.157. The summed E-state index contributed by atoms with van der Waals surface area (Å²) in [4.78, 5) is 32.4. The van der Waals surface area contributed by atoms with E-state index in [0.717, 1.165) is 61.6 Å². The second-order valence-corrected chi connectivity index (χ2v) is 9.61. The van der Waals surface area contributed by atoms with Crippen LogP contribution in [-0.4, -0.2) is 47.8 Å². The number of carbonyl (C=O) groups excluding carboxylic acids is 2. The molecule has 2 amide bonds. The van der Waals surface area contributed by atoms with E-state index in [0.29, 0.717) is 26.1 Å². The van der Waals surface area contributed by atoms with Crippen LogP contribution in [0.25, 0.3) is 0 Å². The molecular formula is C27H34ClN3O2. The van der Waals surface area contributed by atoms with Gasteiger partial charge in [0.25, 0.3) is 0 Å². The molecule has 0 radical (unpaired) electrons. The molecule has 0 N–H and O–H groups in total. The lowest BCUT2D eigenvalue weighted by Crippen LogP contribution is -2.39. The average Bonchev–Trinajstić information content (AvgIpc) is 3.67. The maximum atomic E-state index is 13.2. The molecule has 1 aliphatic carbocycles. The highest BCUT2D eigenvalue weighted by molar-refractivity contribution is 6.30. The Morgan fingerprint density at radius 1 is 0.939 bits per heavy atom. The number of para-hydroxylation sites is 1. The van der Waals surface area contributed by atoms with Gasteiger partial charge in [-0.05, 0) is 55.0 Å². The second-order valence-electron chi connectivity index (χ2n) is 9.17. The molecule has 33 heavy (non-hydrogen) atoms. The quantitative estimate of drug-likeness (QED) is 0.627. The van der Waals surface area contributed by atoms with Crippen molar-refractivity contribution in [2.24, 2.45) is 5.92 Å². The van der Waals surface area contributed by atoms with Crippen molar-refractivity contribution in [3.8, 4) is 0 Å². The van der Waals surface area contributed by atoms with E-state index < -0.39 is 0 Å². The number of fused-ring (bicyclic) bond motifs is 1. The van der Waals surface area contributed by atoms with E-state index in [1.165, 1.54) is 5.56 Å². The first-order chi connectivity index (χ1) is 16.0. The minimum Gasteiger partial charge on any atom is -0.338 e. The van der Waals surface area contributed by atoms with Gasteiger partial charge in [-0.25, -0.2) is 0 Å². The Morgan fingerprint density at radius 3 is 2.33 bits per heavy atom. The number of halogens is 1. The second kappa shape index (κ2) is 11.2. The van der Waals surface area contributed by atoms with Crippen molar-refractivity contribution in [2.75, 3.05) is 31.1 Å². The Morgan fingerprint density at radius 2 is 1.64 bits per heavy atom. The van der Waals surface area contributed by atoms with Crippen molar-refractivity contribution in [3.63, 3.8) is 0 Å². The molecule has 2 aromatic rings. The third-order valence-corrected chi connectivity index (χ3v) is 6.82. The number of hydrogen-bond donors (Lipinski definition) is 0. The lowest BCUT2D eigenvalue weighted by atomic mass is 10.1. The van der Waals surface area contributed by atoms with E-state index in [1.54, 1.807) is 0 Å². The van der Waals surface area contributed by atoms with Crippen LogP contribution in [0.4, 0.5) is 5.69 Å². The molecule has 2 aromatic carbocycles. The largest absolute Gasteiger partial charge is 0.338 e. The Hall–Kier alpha value is -2.37. The zero-order chi connectivity index (χ0) is 23.2. The van der Waals surface area contributed by atoms with Crippen molar-refractivity contribution in [2.45, 2.75) is 52.1 Å². The van der Waals surface area contributed by atoms with Crippen LogP contribution in [0.3, 0.4) is 0 Å². The van der Waals surface area contributed by atoms with Crippen molar-refractivity contribution in [1.29, 1.82) is 0 Å². The van der Waals surface area contributed by atoms with E-state index in [4.69, 9.17) is 11.6 Å². The first-order valence-corrected chi connectivity index (χ1v) is 12.6. The number of nitrogens with zero attached hydrogens (tertiary/aromatic N) is 3. The Kier molecular flexibility index (Phi) is 8.05. The predicted molar refractivity (Wildman–Crippen MR) is 133 cm³/mol. The van der Waals surface area contributed by atoms with Gasteiger partial charge in [0.2, 0.25) is 11.8 Å². The molecule has 4 rings (SSSR count). The van der Waals surface area contributed by atoms with Gasteiger partial charge in [-0.3, -0.25) is 14.5 Å². The van der Waals surface area contributed by atoms with Gasteiger partial charge in [-0.15, -0.1) is 0 Å². The van der Waals surface area contributed by atoms with Crippen LogP contribution in [0.2, 0.25) is 5.02 Å². The van der Waals surface area contributed by atoms with Crippen molar-refractivity contribution in [1.82, 2.24) is 9.80 Å². The monoisotopic (exact) mass is 467 g/mol. The summed E-state index contributed by atoms with van der Waals surface area (Å²) in [5, 5.41) is 0.744. The Balaban J connectivity index is 1.58. The first kappa shape index (κ1) is 23.8. The standard InChI is InChI=1S/C27H34ClN3O2/c1-2-26(32)30-17-5-15-29(19-21-9-13-24(28)14-10-21)16-6-18-31(27(33)22-11-12-22)25-8-4-3-7-23(25)20-30/h3-4,7-10,13-14,22H,2,5-6,11-12,15-20H2,1H3. The topological polar surface area (TPSA) is 43.9 Å². The van der Waals surface area contributed by atoms with Gasteiger partial charge < -0.3 is 9.80 Å². The fourth-order valence-electron chi connectivity index (χ4n) is 4.58. The summed E-state index contributed by atoms with van der Waals surface area (Å²) in [5.74, 6) is 0.549. The molecule has 0 spiro atoms. The molecule has 6 heteroatoms. The van der Waals surface area contributed by atoms with Gasteiger partial charge >= 0.3 is 0 Å². The smallest absolute Gasteiger partial charge is 0.230 e. The minimum absolute atomic E-state index is 0.157. The molecule has 0 atom stereocenters. The maximum absolute atomic E-state index is 13.2. The van der Waals surface area contributed by atoms with Crippen LogP contribution in [0, 0.1) is 5.92 Å². The zero-order valence-corrected chi connectivity index (χ0v) is 20.3. The highest BCUT2D eigenvalue weighted by Gasteiger charge is 2.34. The molecule has 1 fully saturated rings. The molecule has 1 saturated carbocycles. The molecule has 0 aromatic heterocycles. The number of anilines is 1. The highest BCUT2D eigenvalue weighted by atomic mass is 35.5. The van der Waals surface area contributed by atoms with Gasteiger partial charge in [0.05, 0.1) is 0 Å². The third kappa shape index (κ3) is 6.36. The normalized spacial score (nSPS) is 18.2. The van der Waals surface area contributed by atoms with E-state index in [1.807, 2.05) is 47.1 Å². The molecule has 5 nitrogen and oxygen atoms in total. The van der Waals surface area contributed by atoms with E-state index in [-0.39, 0.29) is 17.7 Å². The number of carbonyl (C=O) groups is 2. The maximum Gasteiger partial charge on any atom is 0.230 e. The summed E-state index contributed by atoms with van der Waals surface area (Å²) in [6.45, 7) is 6.54. The average molecular weight is 468 g/mol. The lowest BCUT2D eigenvalue weighted by Gasteiger charge is -2.31. The van der Waals surface area contributed by atoms with Crippen LogP contribution in [0.1, 0.15) is 50.2 Å². The Labute approximate surface area is 202 Å². The fraction of sp³-hybridized carbons (Fsp3) is 0.481. The van der Waals surface area contributed by atoms with E-state index >= 15 is 0 Å². The van der Waals surface area contributed by atoms with Crippen LogP contribution in [0.15, 0.2) is 48.5 Å². The van der Waals surface area contributed by atoms with Gasteiger partial charge in [0.1, 0.15) is 0 Å². The number of hydrogen-bond acceptors (Lipinski definition) is 3. The predicted octanol–water partition coefficient (Wildman–Crippen LogP) is 5.12. The van der Waals surface area contributed by atoms with Gasteiger partial charge in [-0.1, -0.05) is 48.9 Å². The first-order valence-electron chi connectivity index (χ1n) is 12.2. The summed E-state index contributed by atoms with van der Waals surface area (Å²) >= 11 is 6.06. The molecule has 0 saturated heterocycles. The van der Waals surface area contributed by atoms with Crippen molar-refractivity contribution >= 4 is 29.1 Å². The van der Waals surface area contributed by atoms with E-state index in [9.17, 15) is 9.59 Å². The fourth-order valence-corrected chi connectivity index (χ4v) is 4.71. The molecular weight excluding hydrogens is 434 g/mol. The van der Waals surface area contributed by atoms with E-state index in [2.05, 4.69) is 23.1 Å². The number of rotatable bonds is 4. The molecule has 0 bridgehead atoms. The molecule has 1 heterocycles. The highest BCUT2D eigenvalue weighted by Crippen LogP contribution is 2.34. The summed E-state index contributed by atoms with van der Waals surface area (Å²) in [5.41, 5.74) is 3.25. The summed E-state index contributed by atoms with van der Waals surface area (Å²) in [7, 11) is 0. The van der Waals surface area contributed by atoms with Crippen LogP contribution >= 0.6 is 11.6 Å². The Bertz CT molecular complexity index is 958. The zero-order valence-electron chi connectivity index (χ0n) is 19.5. The van der Waals surface area contributed by atoms with Gasteiger partial charge in [0, 0.05) is 62.3 Å². The molecule has 1 aliphatic heterocycles. The van der Waals surface area contributed by atoms with Crippen LogP contribution < -0.4 is 4.90 Å². The van der Waals surface area contributed by atoms with Crippen molar-refractivity contribution < 1.29 is 9.59 Å². The molecule has 176 valence electrons. The van der Waals surface area contributed by atoms with Crippen LogP contribution in [-0.2, 0) is 22.7 Å². The summed E-state index contributed by atoms with van der Waals surface area (Å²) < 4.78 is 0. The molecule has 2 aliphatic rings. The summed E-state index contributed by atoms with van der Waals surface area (Å²) in [6, 6.07) is 16.1. The third-order valence-electron chi connectivity index (χ3n) is 6.57. The SMILES string of the molecule is CCC(=O)N1CCCN(Cc2ccc(Cl)cc2)CCCN(C(=O)C2CC2)c2ccccc2C1. The van der Waals surface area contributed by atoms with Crippen LogP contribution in [0.5, 0.6) is 0 Å². The number of benzene rings is 2. The van der Waals surface area contributed by atoms with Gasteiger partial charge in [-0.2, -0.15) is 0 Å². The number of amides is 2. The van der Waals surface area contributed by atoms with Crippen molar-refractivity contribution in [3.05, 3.63) is 64.7 Å².